The van der Waals surface area contributed by atoms with Crippen molar-refractivity contribution in [1.82, 2.24) is 0 Å². The van der Waals surface area contributed by atoms with Crippen LogP contribution in [0.2, 0.25) is 0 Å². The van der Waals surface area contributed by atoms with E-state index in [9.17, 15) is 0 Å². The first-order valence-corrected chi connectivity index (χ1v) is 7.67. The van der Waals surface area contributed by atoms with Crippen LogP contribution in [0.5, 0.6) is 0 Å². The molecule has 1 saturated heterocycles. The van der Waals surface area contributed by atoms with Crippen LogP contribution in [0.25, 0.3) is 0 Å². The number of aryl methyl sites for hydroxylation is 1. The van der Waals surface area contributed by atoms with Crippen molar-refractivity contribution in [3.63, 3.8) is 0 Å². The van der Waals surface area contributed by atoms with Crippen LogP contribution in [0.1, 0.15) is 35.3 Å². The van der Waals surface area contributed by atoms with Gasteiger partial charge in [0.15, 0.2) is 0 Å². The van der Waals surface area contributed by atoms with Crippen LogP contribution >= 0.6 is 11.8 Å². The van der Waals surface area contributed by atoms with Gasteiger partial charge in [0.1, 0.15) is 0 Å². The van der Waals surface area contributed by atoms with E-state index in [1.807, 2.05) is 11.8 Å². The van der Waals surface area contributed by atoms with Crippen molar-refractivity contribution in [2.75, 3.05) is 0 Å². The van der Waals surface area contributed by atoms with E-state index in [0.717, 1.165) is 6.42 Å². The first kappa shape index (κ1) is 11.6. The molecule has 1 fully saturated rings. The molecule has 0 unspecified atom stereocenters. The molecule has 2 heterocycles. The standard InChI is InChI=1S/C17H16OS/c1-11-5-4-6-12(9-11)19-16-10-15-13-7-2-3-8-14(13)17(16)18-15/h2-9,15-17H,10H2,1H3/t15-,16+,17-/m0/s1. The second-order valence-corrected chi connectivity index (χ2v) is 6.70. The van der Waals surface area contributed by atoms with E-state index in [0.29, 0.717) is 11.4 Å². The lowest BCUT2D eigenvalue weighted by Gasteiger charge is -2.20. The molecule has 19 heavy (non-hydrogen) atoms. The normalized spacial score (nSPS) is 27.5. The molecule has 0 N–H and O–H groups in total. The number of rotatable bonds is 2. The van der Waals surface area contributed by atoms with Crippen LogP contribution < -0.4 is 0 Å². The van der Waals surface area contributed by atoms with E-state index >= 15 is 0 Å². The molecule has 2 aromatic rings. The first-order chi connectivity index (χ1) is 9.31. The van der Waals surface area contributed by atoms with E-state index in [1.54, 1.807) is 0 Å². The SMILES string of the molecule is Cc1cccc(S[C@@H]2C[C@@H]3O[C@H]2c2ccccc23)c1. The number of thioether (sulfide) groups is 1. The third-order valence-electron chi connectivity index (χ3n) is 4.02. The summed E-state index contributed by atoms with van der Waals surface area (Å²) in [6.07, 6.45) is 1.75. The molecule has 0 spiro atoms. The number of fused-ring (bicyclic) bond motifs is 5. The van der Waals surface area contributed by atoms with E-state index in [-0.39, 0.29) is 6.10 Å². The Hall–Kier alpha value is -1.25. The van der Waals surface area contributed by atoms with Crippen LogP contribution in [-0.2, 0) is 4.74 Å². The van der Waals surface area contributed by atoms with Crippen LogP contribution in [0.3, 0.4) is 0 Å². The predicted octanol–water partition coefficient (Wildman–Crippen LogP) is 4.67. The molecule has 96 valence electrons. The van der Waals surface area contributed by atoms with Crippen LogP contribution in [0.4, 0.5) is 0 Å². The second kappa shape index (κ2) is 4.39. The summed E-state index contributed by atoms with van der Waals surface area (Å²) in [5, 5.41) is 0.557. The predicted molar refractivity (Wildman–Crippen MR) is 78.5 cm³/mol. The minimum atomic E-state index is 0.284. The number of hydrogen-bond acceptors (Lipinski definition) is 2. The van der Waals surface area contributed by atoms with Gasteiger partial charge in [-0.2, -0.15) is 0 Å². The lowest BCUT2D eigenvalue weighted by Crippen LogP contribution is -2.12. The van der Waals surface area contributed by atoms with E-state index in [1.165, 1.54) is 21.6 Å². The average molecular weight is 268 g/mol. The van der Waals surface area contributed by atoms with Crippen LogP contribution in [0, 0.1) is 6.92 Å². The number of ether oxygens (including phenoxy) is 1. The Morgan fingerprint density at radius 1 is 1.05 bits per heavy atom. The van der Waals surface area contributed by atoms with Crippen molar-refractivity contribution in [2.45, 2.75) is 35.7 Å². The average Bonchev–Trinajstić information content (AvgIpc) is 2.98. The molecule has 2 bridgehead atoms. The van der Waals surface area contributed by atoms with Crippen molar-refractivity contribution in [2.24, 2.45) is 0 Å². The van der Waals surface area contributed by atoms with Gasteiger partial charge in [-0.1, -0.05) is 42.0 Å². The van der Waals surface area contributed by atoms with Crippen LogP contribution in [0.15, 0.2) is 53.4 Å². The van der Waals surface area contributed by atoms with E-state index in [2.05, 4.69) is 55.5 Å². The Kier molecular flexibility index (Phi) is 2.68. The molecular formula is C17H16OS. The molecule has 0 saturated carbocycles. The maximum Gasteiger partial charge on any atom is 0.0960 e. The summed E-state index contributed by atoms with van der Waals surface area (Å²) in [6, 6.07) is 17.4. The zero-order chi connectivity index (χ0) is 12.8. The lowest BCUT2D eigenvalue weighted by molar-refractivity contribution is 0.0728. The van der Waals surface area contributed by atoms with Crippen molar-refractivity contribution < 1.29 is 4.74 Å². The Morgan fingerprint density at radius 3 is 2.74 bits per heavy atom. The molecule has 2 aliphatic rings. The molecule has 0 aliphatic carbocycles. The topological polar surface area (TPSA) is 9.23 Å². The van der Waals surface area contributed by atoms with Gasteiger partial charge in [-0.25, -0.2) is 0 Å². The fourth-order valence-electron chi connectivity index (χ4n) is 3.17. The summed E-state index contributed by atoms with van der Waals surface area (Å²) >= 11 is 1.97. The molecular weight excluding hydrogens is 252 g/mol. The highest BCUT2D eigenvalue weighted by atomic mass is 32.2. The Bertz CT molecular complexity index is 622. The van der Waals surface area contributed by atoms with Gasteiger partial charge < -0.3 is 4.74 Å². The summed E-state index contributed by atoms with van der Waals surface area (Å²) in [5.74, 6) is 0. The molecule has 0 amide bonds. The largest absolute Gasteiger partial charge is 0.364 e. The molecule has 2 heteroatoms. The maximum atomic E-state index is 6.14. The highest BCUT2D eigenvalue weighted by molar-refractivity contribution is 8.00. The smallest absolute Gasteiger partial charge is 0.0960 e. The van der Waals surface area contributed by atoms with Crippen LogP contribution in [-0.4, -0.2) is 5.25 Å². The maximum absolute atomic E-state index is 6.14. The minimum Gasteiger partial charge on any atom is -0.364 e. The summed E-state index contributed by atoms with van der Waals surface area (Å²) in [5.41, 5.74) is 4.15. The van der Waals surface area contributed by atoms with Crippen molar-refractivity contribution in [3.05, 3.63) is 65.2 Å². The first-order valence-electron chi connectivity index (χ1n) is 6.79. The Balaban J connectivity index is 1.60. The zero-order valence-electron chi connectivity index (χ0n) is 10.9. The van der Waals surface area contributed by atoms with Gasteiger partial charge in [0, 0.05) is 10.1 Å². The molecule has 1 nitrogen and oxygen atoms in total. The van der Waals surface area contributed by atoms with Gasteiger partial charge in [-0.05, 0) is 36.6 Å². The van der Waals surface area contributed by atoms with Gasteiger partial charge in [-0.15, -0.1) is 11.8 Å². The summed E-state index contributed by atoms with van der Waals surface area (Å²) < 4.78 is 6.14. The zero-order valence-corrected chi connectivity index (χ0v) is 11.7. The third-order valence-corrected chi connectivity index (χ3v) is 5.29. The van der Waals surface area contributed by atoms with Gasteiger partial charge in [0.2, 0.25) is 0 Å². The van der Waals surface area contributed by atoms with E-state index < -0.39 is 0 Å². The van der Waals surface area contributed by atoms with Gasteiger partial charge >= 0.3 is 0 Å². The molecule has 2 aliphatic heterocycles. The van der Waals surface area contributed by atoms with Crippen molar-refractivity contribution in [3.8, 4) is 0 Å². The Labute approximate surface area is 118 Å². The fraction of sp³-hybridized carbons (Fsp3) is 0.294. The van der Waals surface area contributed by atoms with Crippen molar-refractivity contribution >= 4 is 11.8 Å². The Morgan fingerprint density at radius 2 is 1.89 bits per heavy atom. The molecule has 3 atom stereocenters. The summed E-state index contributed by atoms with van der Waals surface area (Å²) in [7, 11) is 0. The minimum absolute atomic E-state index is 0.284. The number of hydrogen-bond donors (Lipinski definition) is 0. The summed E-state index contributed by atoms with van der Waals surface area (Å²) in [6.45, 7) is 2.15. The quantitative estimate of drug-likeness (QED) is 0.782. The highest BCUT2D eigenvalue weighted by Gasteiger charge is 2.45. The molecule has 0 radical (unpaired) electrons. The highest BCUT2D eigenvalue weighted by Crippen LogP contribution is 2.55. The van der Waals surface area contributed by atoms with Gasteiger partial charge in [0.25, 0.3) is 0 Å². The third kappa shape index (κ3) is 1.90. The molecule has 0 aromatic heterocycles. The monoisotopic (exact) mass is 268 g/mol. The van der Waals surface area contributed by atoms with Gasteiger partial charge in [-0.3, -0.25) is 0 Å². The molecule has 2 aromatic carbocycles. The second-order valence-electron chi connectivity index (χ2n) is 5.38. The fourth-order valence-corrected chi connectivity index (χ4v) is 4.53. The number of benzene rings is 2. The molecule has 4 rings (SSSR count). The summed E-state index contributed by atoms with van der Waals surface area (Å²) in [4.78, 5) is 1.36. The van der Waals surface area contributed by atoms with Gasteiger partial charge in [0.05, 0.1) is 12.2 Å². The lowest BCUT2D eigenvalue weighted by atomic mass is 9.92. The van der Waals surface area contributed by atoms with Crippen molar-refractivity contribution in [1.29, 1.82) is 0 Å². The van der Waals surface area contributed by atoms with E-state index in [4.69, 9.17) is 4.74 Å².